The van der Waals surface area contributed by atoms with Crippen LogP contribution in [0.25, 0.3) is 5.57 Å². The highest BCUT2D eigenvalue weighted by molar-refractivity contribution is 5.87. The molecule has 4 heteroatoms. The van der Waals surface area contributed by atoms with E-state index in [9.17, 15) is 14.7 Å². The lowest BCUT2D eigenvalue weighted by molar-refractivity contribution is -0.150. The normalized spacial score (nSPS) is 31.2. The van der Waals surface area contributed by atoms with Gasteiger partial charge in [-0.1, -0.05) is 48.6 Å². The molecular weight excluding hydrogens is 302 g/mol. The van der Waals surface area contributed by atoms with E-state index in [1.165, 1.54) is 11.1 Å². The molecule has 4 nitrogen and oxygen atoms in total. The van der Waals surface area contributed by atoms with E-state index in [1.807, 2.05) is 35.3 Å². The minimum Gasteiger partial charge on any atom is -0.481 e. The molecule has 1 amide bonds. The van der Waals surface area contributed by atoms with Gasteiger partial charge in [-0.2, -0.15) is 0 Å². The molecular formula is C20H21NO3. The van der Waals surface area contributed by atoms with Gasteiger partial charge in [-0.3, -0.25) is 9.59 Å². The summed E-state index contributed by atoms with van der Waals surface area (Å²) >= 11 is 0. The lowest BCUT2D eigenvalue weighted by atomic mass is 9.82. The molecule has 0 saturated heterocycles. The molecule has 124 valence electrons. The van der Waals surface area contributed by atoms with Crippen molar-refractivity contribution in [3.05, 3.63) is 54.1 Å². The maximum Gasteiger partial charge on any atom is 0.307 e. The van der Waals surface area contributed by atoms with Crippen molar-refractivity contribution in [3.63, 3.8) is 0 Å². The minimum atomic E-state index is -0.831. The summed E-state index contributed by atoms with van der Waals surface area (Å²) < 4.78 is 0. The fourth-order valence-electron chi connectivity index (χ4n) is 4.49. The number of amides is 1. The molecule has 0 unspecified atom stereocenters. The smallest absolute Gasteiger partial charge is 0.307 e. The van der Waals surface area contributed by atoms with Gasteiger partial charge in [0.1, 0.15) is 0 Å². The third-order valence-electron chi connectivity index (χ3n) is 5.69. The summed E-state index contributed by atoms with van der Waals surface area (Å²) in [5, 5.41) is 9.53. The van der Waals surface area contributed by atoms with E-state index in [-0.39, 0.29) is 23.7 Å². The Morgan fingerprint density at radius 3 is 2.38 bits per heavy atom. The maximum atomic E-state index is 12.9. The Hall–Kier alpha value is -2.36. The van der Waals surface area contributed by atoms with Gasteiger partial charge in [-0.05, 0) is 35.8 Å². The third-order valence-corrected chi connectivity index (χ3v) is 5.69. The Morgan fingerprint density at radius 2 is 1.75 bits per heavy atom. The van der Waals surface area contributed by atoms with Gasteiger partial charge in [0.2, 0.25) is 5.91 Å². The Bertz CT molecular complexity index is 722. The summed E-state index contributed by atoms with van der Waals surface area (Å²) in [6, 6.07) is 10.2. The quantitative estimate of drug-likeness (QED) is 0.870. The van der Waals surface area contributed by atoms with E-state index >= 15 is 0 Å². The maximum absolute atomic E-state index is 12.9. The summed E-state index contributed by atoms with van der Waals surface area (Å²) in [5.74, 6) is -1.62. The average Bonchev–Trinajstić information content (AvgIpc) is 3.23. The van der Waals surface area contributed by atoms with Crippen molar-refractivity contribution in [1.82, 2.24) is 4.90 Å². The van der Waals surface area contributed by atoms with Crippen LogP contribution in [0.5, 0.6) is 0 Å². The predicted molar refractivity (Wildman–Crippen MR) is 91.0 cm³/mol. The Morgan fingerprint density at radius 1 is 1.04 bits per heavy atom. The molecule has 4 atom stereocenters. The van der Waals surface area contributed by atoms with Crippen LogP contribution in [0.15, 0.2) is 48.6 Å². The molecule has 1 heterocycles. The summed E-state index contributed by atoms with van der Waals surface area (Å²) in [5.41, 5.74) is 2.47. The second-order valence-corrected chi connectivity index (χ2v) is 6.97. The molecule has 2 aliphatic carbocycles. The number of hydrogen-bond acceptors (Lipinski definition) is 2. The van der Waals surface area contributed by atoms with Crippen LogP contribution in [0, 0.1) is 23.7 Å². The van der Waals surface area contributed by atoms with Crippen molar-refractivity contribution >= 4 is 17.4 Å². The van der Waals surface area contributed by atoms with Gasteiger partial charge in [0.25, 0.3) is 0 Å². The first-order valence-electron chi connectivity index (χ1n) is 8.59. The number of carboxylic acids is 1. The van der Waals surface area contributed by atoms with Crippen molar-refractivity contribution in [2.24, 2.45) is 23.7 Å². The van der Waals surface area contributed by atoms with Crippen molar-refractivity contribution in [3.8, 4) is 0 Å². The highest BCUT2D eigenvalue weighted by Crippen LogP contribution is 2.49. The molecule has 2 bridgehead atoms. The van der Waals surface area contributed by atoms with Gasteiger partial charge in [0.15, 0.2) is 0 Å². The number of hydrogen-bond donors (Lipinski definition) is 1. The molecule has 1 fully saturated rings. The number of carbonyl (C=O) groups is 2. The fraction of sp³-hybridized carbons (Fsp3) is 0.400. The lowest BCUT2D eigenvalue weighted by Crippen LogP contribution is -2.44. The standard InChI is InChI=1S/C20H21NO3/c22-19(17-15-6-7-16(12-15)18(17)20(23)24)21-10-8-14(9-11-21)13-4-2-1-3-5-13/h1-8,15-18H,9-12H2,(H,23,24)/t15-,16+,17+,18+/m0/s1. The summed E-state index contributed by atoms with van der Waals surface area (Å²) in [7, 11) is 0. The third kappa shape index (κ3) is 2.46. The van der Waals surface area contributed by atoms with Crippen LogP contribution in [-0.2, 0) is 9.59 Å². The molecule has 0 radical (unpaired) electrons. The number of carbonyl (C=O) groups excluding carboxylic acids is 1. The van der Waals surface area contributed by atoms with Crippen LogP contribution >= 0.6 is 0 Å². The zero-order valence-electron chi connectivity index (χ0n) is 13.5. The molecule has 3 aliphatic rings. The highest BCUT2D eigenvalue weighted by Gasteiger charge is 2.52. The predicted octanol–water partition coefficient (Wildman–Crippen LogP) is 2.83. The van der Waals surface area contributed by atoms with E-state index < -0.39 is 11.9 Å². The van der Waals surface area contributed by atoms with Gasteiger partial charge in [-0.25, -0.2) is 0 Å². The number of benzene rings is 1. The summed E-state index contributed by atoms with van der Waals surface area (Å²) in [6.07, 6.45) is 7.77. The zero-order valence-corrected chi connectivity index (χ0v) is 13.5. The van der Waals surface area contributed by atoms with E-state index in [4.69, 9.17) is 0 Å². The molecule has 0 aromatic heterocycles. The van der Waals surface area contributed by atoms with Crippen LogP contribution in [0.3, 0.4) is 0 Å². The number of rotatable bonds is 3. The van der Waals surface area contributed by atoms with Gasteiger partial charge in [-0.15, -0.1) is 0 Å². The van der Waals surface area contributed by atoms with Gasteiger partial charge < -0.3 is 10.0 Å². The van der Waals surface area contributed by atoms with E-state index in [0.29, 0.717) is 13.1 Å². The number of aliphatic carboxylic acids is 1. The van der Waals surface area contributed by atoms with Crippen LogP contribution in [0.2, 0.25) is 0 Å². The zero-order chi connectivity index (χ0) is 16.7. The van der Waals surface area contributed by atoms with Crippen LogP contribution in [0.4, 0.5) is 0 Å². The van der Waals surface area contributed by atoms with Gasteiger partial charge in [0, 0.05) is 13.1 Å². The Labute approximate surface area is 141 Å². The van der Waals surface area contributed by atoms with E-state index in [1.54, 1.807) is 0 Å². The fourth-order valence-corrected chi connectivity index (χ4v) is 4.49. The number of carboxylic acid groups (broad SMARTS) is 1. The largest absolute Gasteiger partial charge is 0.481 e. The van der Waals surface area contributed by atoms with Crippen LogP contribution in [-0.4, -0.2) is 35.0 Å². The molecule has 1 aliphatic heterocycles. The van der Waals surface area contributed by atoms with Crippen LogP contribution in [0.1, 0.15) is 18.4 Å². The molecule has 1 aromatic rings. The first kappa shape index (κ1) is 15.2. The topological polar surface area (TPSA) is 57.6 Å². The van der Waals surface area contributed by atoms with Crippen molar-refractivity contribution in [2.45, 2.75) is 12.8 Å². The number of allylic oxidation sites excluding steroid dienone is 2. The number of nitrogens with zero attached hydrogens (tertiary/aromatic N) is 1. The second kappa shape index (κ2) is 5.93. The monoisotopic (exact) mass is 323 g/mol. The van der Waals surface area contributed by atoms with E-state index in [0.717, 1.165) is 12.8 Å². The average molecular weight is 323 g/mol. The van der Waals surface area contributed by atoms with Crippen molar-refractivity contribution < 1.29 is 14.7 Å². The molecule has 1 aromatic carbocycles. The summed E-state index contributed by atoms with van der Waals surface area (Å²) in [4.78, 5) is 26.4. The molecule has 4 rings (SSSR count). The first-order chi connectivity index (χ1) is 11.6. The number of fused-ring (bicyclic) bond motifs is 2. The second-order valence-electron chi connectivity index (χ2n) is 6.97. The summed E-state index contributed by atoms with van der Waals surface area (Å²) in [6.45, 7) is 1.25. The Balaban J connectivity index is 1.50. The van der Waals surface area contributed by atoms with Crippen LogP contribution < -0.4 is 0 Å². The SMILES string of the molecule is O=C(O)[C@H]1[C@H](C(=O)N2CC=C(c3ccccc3)CC2)[C@H]2C=C[C@@H]1C2. The Kier molecular flexibility index (Phi) is 3.75. The lowest BCUT2D eigenvalue weighted by Gasteiger charge is -2.33. The van der Waals surface area contributed by atoms with Gasteiger partial charge in [0.05, 0.1) is 11.8 Å². The van der Waals surface area contributed by atoms with E-state index in [2.05, 4.69) is 18.2 Å². The van der Waals surface area contributed by atoms with Crippen molar-refractivity contribution in [2.75, 3.05) is 13.1 Å². The molecule has 1 saturated carbocycles. The first-order valence-corrected chi connectivity index (χ1v) is 8.59. The van der Waals surface area contributed by atoms with Crippen molar-refractivity contribution in [1.29, 1.82) is 0 Å². The molecule has 24 heavy (non-hydrogen) atoms. The molecule has 0 spiro atoms. The minimum absolute atomic E-state index is 0.0163. The highest BCUT2D eigenvalue weighted by atomic mass is 16.4. The van der Waals surface area contributed by atoms with Gasteiger partial charge >= 0.3 is 5.97 Å². The molecule has 1 N–H and O–H groups in total.